The predicted molar refractivity (Wildman–Crippen MR) is 56.7 cm³/mol. The van der Waals surface area contributed by atoms with Gasteiger partial charge in [-0.05, 0) is 24.0 Å². The molecule has 0 aliphatic heterocycles. The fourth-order valence-corrected chi connectivity index (χ4v) is 1.66. The highest BCUT2D eigenvalue weighted by atomic mass is 32.2. The summed E-state index contributed by atoms with van der Waals surface area (Å²) in [5, 5.41) is 2.56. The number of hydrogen-bond acceptors (Lipinski definition) is 4. The second kappa shape index (κ2) is 4.71. The molecule has 0 fully saturated rings. The predicted octanol–water partition coefficient (Wildman–Crippen LogP) is 2.47. The Morgan fingerprint density at radius 1 is 1.62 bits per heavy atom. The third kappa shape index (κ3) is 2.62. The summed E-state index contributed by atoms with van der Waals surface area (Å²) >= 11 is 1.70. The molecule has 0 heterocycles. The molecule has 3 N–H and O–H groups in total. The third-order valence-electron chi connectivity index (χ3n) is 1.50. The van der Waals surface area contributed by atoms with Crippen molar-refractivity contribution in [2.24, 2.45) is 5.29 Å². The van der Waals surface area contributed by atoms with Crippen LogP contribution in [0.25, 0.3) is 0 Å². The van der Waals surface area contributed by atoms with E-state index in [9.17, 15) is 4.91 Å². The van der Waals surface area contributed by atoms with Crippen molar-refractivity contribution in [3.8, 4) is 0 Å². The van der Waals surface area contributed by atoms with Gasteiger partial charge in [-0.3, -0.25) is 0 Å². The minimum absolute atomic E-state index is 0.540. The minimum Gasteiger partial charge on any atom is -0.397 e. The van der Waals surface area contributed by atoms with Crippen molar-refractivity contribution in [3.05, 3.63) is 23.1 Å². The molecular weight excluding hydrogens is 186 g/mol. The van der Waals surface area contributed by atoms with Crippen molar-refractivity contribution in [1.82, 2.24) is 0 Å². The first-order chi connectivity index (χ1) is 6.27. The SMILES string of the molecule is CCSc1ccc(NN=O)c(N)c1. The summed E-state index contributed by atoms with van der Waals surface area (Å²) in [6.45, 7) is 2.07. The average molecular weight is 197 g/mol. The van der Waals surface area contributed by atoms with Gasteiger partial charge in [-0.1, -0.05) is 6.92 Å². The molecule has 0 spiro atoms. The number of hydrogen-bond donors (Lipinski definition) is 2. The van der Waals surface area contributed by atoms with Gasteiger partial charge in [0.2, 0.25) is 0 Å². The zero-order valence-corrected chi connectivity index (χ0v) is 8.10. The van der Waals surface area contributed by atoms with Gasteiger partial charge in [-0.25, -0.2) is 5.43 Å². The van der Waals surface area contributed by atoms with E-state index in [4.69, 9.17) is 5.73 Å². The van der Waals surface area contributed by atoms with E-state index < -0.39 is 0 Å². The first-order valence-corrected chi connectivity index (χ1v) is 4.87. The van der Waals surface area contributed by atoms with Gasteiger partial charge in [-0.2, -0.15) is 0 Å². The molecule has 0 radical (unpaired) electrons. The van der Waals surface area contributed by atoms with Crippen LogP contribution in [0.3, 0.4) is 0 Å². The van der Waals surface area contributed by atoms with Crippen LogP contribution in [0.5, 0.6) is 0 Å². The van der Waals surface area contributed by atoms with Crippen molar-refractivity contribution in [3.63, 3.8) is 0 Å². The third-order valence-corrected chi connectivity index (χ3v) is 2.38. The van der Waals surface area contributed by atoms with Crippen molar-refractivity contribution >= 4 is 23.1 Å². The summed E-state index contributed by atoms with van der Waals surface area (Å²) in [4.78, 5) is 11.0. The van der Waals surface area contributed by atoms with Crippen LogP contribution in [0.2, 0.25) is 0 Å². The molecule has 13 heavy (non-hydrogen) atoms. The van der Waals surface area contributed by atoms with Gasteiger partial charge in [0.1, 0.15) is 0 Å². The molecule has 0 amide bonds. The van der Waals surface area contributed by atoms with Crippen molar-refractivity contribution in [1.29, 1.82) is 0 Å². The second-order valence-electron chi connectivity index (χ2n) is 2.39. The van der Waals surface area contributed by atoms with E-state index in [1.54, 1.807) is 17.8 Å². The largest absolute Gasteiger partial charge is 0.397 e. The first kappa shape index (κ1) is 9.85. The number of nitrogens with zero attached hydrogens (tertiary/aromatic N) is 1. The number of anilines is 2. The molecule has 0 aliphatic rings. The van der Waals surface area contributed by atoms with Crippen LogP contribution >= 0.6 is 11.8 Å². The molecule has 1 rings (SSSR count). The van der Waals surface area contributed by atoms with E-state index in [0.29, 0.717) is 11.4 Å². The summed E-state index contributed by atoms with van der Waals surface area (Å²) in [5.41, 5.74) is 9.03. The van der Waals surface area contributed by atoms with E-state index >= 15 is 0 Å². The van der Waals surface area contributed by atoms with Crippen molar-refractivity contribution in [2.75, 3.05) is 16.9 Å². The van der Waals surface area contributed by atoms with Crippen LogP contribution in [-0.2, 0) is 0 Å². The number of nitroso groups, excluding NO2 is 1. The molecule has 5 heteroatoms. The molecule has 4 nitrogen and oxygen atoms in total. The lowest BCUT2D eigenvalue weighted by Crippen LogP contribution is -1.94. The van der Waals surface area contributed by atoms with E-state index in [1.165, 1.54) is 0 Å². The molecule has 0 saturated heterocycles. The Labute approximate surface area is 80.8 Å². The zero-order valence-electron chi connectivity index (χ0n) is 7.28. The number of nitrogens with one attached hydrogen (secondary N) is 1. The van der Waals surface area contributed by atoms with Gasteiger partial charge in [0.25, 0.3) is 0 Å². The van der Waals surface area contributed by atoms with E-state index in [0.717, 1.165) is 10.6 Å². The normalized spacial score (nSPS) is 9.62. The van der Waals surface area contributed by atoms with Crippen molar-refractivity contribution in [2.45, 2.75) is 11.8 Å². The highest BCUT2D eigenvalue weighted by Crippen LogP contribution is 2.25. The second-order valence-corrected chi connectivity index (χ2v) is 3.72. The molecule has 0 aliphatic carbocycles. The topological polar surface area (TPSA) is 67.5 Å². The van der Waals surface area contributed by atoms with Gasteiger partial charge >= 0.3 is 0 Å². The molecule has 0 bridgehead atoms. The first-order valence-electron chi connectivity index (χ1n) is 3.88. The summed E-state index contributed by atoms with van der Waals surface area (Å²) in [6.07, 6.45) is 0. The highest BCUT2D eigenvalue weighted by molar-refractivity contribution is 7.99. The smallest absolute Gasteiger partial charge is 0.0824 e. The van der Waals surface area contributed by atoms with Crippen LogP contribution in [0.15, 0.2) is 28.4 Å². The number of rotatable bonds is 4. The average Bonchev–Trinajstić information content (AvgIpc) is 2.10. The maximum Gasteiger partial charge on any atom is 0.0824 e. The van der Waals surface area contributed by atoms with Gasteiger partial charge in [0.05, 0.1) is 16.7 Å². The van der Waals surface area contributed by atoms with Crippen molar-refractivity contribution < 1.29 is 0 Å². The van der Waals surface area contributed by atoms with Gasteiger partial charge in [0, 0.05) is 4.90 Å². The van der Waals surface area contributed by atoms with E-state index in [1.807, 2.05) is 12.1 Å². The van der Waals surface area contributed by atoms with Crippen LogP contribution in [0, 0.1) is 4.91 Å². The molecule has 0 saturated carbocycles. The lowest BCUT2D eigenvalue weighted by Gasteiger charge is -2.04. The summed E-state index contributed by atoms with van der Waals surface area (Å²) < 4.78 is 0. The number of benzene rings is 1. The lowest BCUT2D eigenvalue weighted by atomic mass is 10.3. The quantitative estimate of drug-likeness (QED) is 0.337. The Bertz CT molecular complexity index is 303. The Morgan fingerprint density at radius 2 is 2.38 bits per heavy atom. The summed E-state index contributed by atoms with van der Waals surface area (Å²) in [5.74, 6) is 0.998. The Morgan fingerprint density at radius 3 is 2.92 bits per heavy atom. The maximum absolute atomic E-state index is 9.92. The van der Waals surface area contributed by atoms with Gasteiger partial charge in [-0.15, -0.1) is 16.7 Å². The Hall–Kier alpha value is -1.23. The molecule has 70 valence electrons. The van der Waals surface area contributed by atoms with Crippen LogP contribution in [0.1, 0.15) is 6.92 Å². The molecule has 0 aromatic heterocycles. The number of nitrogens with two attached hydrogens (primary N) is 1. The number of thioether (sulfide) groups is 1. The van der Waals surface area contributed by atoms with E-state index in [-0.39, 0.29) is 0 Å². The Balaban J connectivity index is 2.84. The van der Waals surface area contributed by atoms with Gasteiger partial charge in [0.15, 0.2) is 0 Å². The fraction of sp³-hybridized carbons (Fsp3) is 0.250. The monoisotopic (exact) mass is 197 g/mol. The standard InChI is InChI=1S/C8H11N3OS/c1-2-13-6-3-4-8(10-11-12)7(9)5-6/h3-5H,2,9H2,1H3,(H,10,12). The van der Waals surface area contributed by atoms with Crippen LogP contribution < -0.4 is 11.2 Å². The summed E-state index contributed by atoms with van der Waals surface area (Å²) in [6, 6.07) is 5.47. The van der Waals surface area contributed by atoms with Gasteiger partial charge < -0.3 is 5.73 Å². The molecule has 0 atom stereocenters. The minimum atomic E-state index is 0.540. The zero-order chi connectivity index (χ0) is 9.68. The fourth-order valence-electron chi connectivity index (χ4n) is 0.948. The molecule has 1 aromatic rings. The molecular formula is C8H11N3OS. The number of nitrogen functional groups attached to an aromatic ring is 1. The molecule has 1 aromatic carbocycles. The van der Waals surface area contributed by atoms with Crippen LogP contribution in [-0.4, -0.2) is 5.75 Å². The molecule has 0 unspecified atom stereocenters. The van der Waals surface area contributed by atoms with E-state index in [2.05, 4.69) is 17.6 Å². The highest BCUT2D eigenvalue weighted by Gasteiger charge is 1.99. The maximum atomic E-state index is 9.92. The van der Waals surface area contributed by atoms with Crippen LogP contribution in [0.4, 0.5) is 11.4 Å². The summed E-state index contributed by atoms with van der Waals surface area (Å²) in [7, 11) is 0. The Kier molecular flexibility index (Phi) is 3.57. The lowest BCUT2D eigenvalue weighted by molar-refractivity contribution is 1.30.